The number of para-hydroxylation sites is 1. The molecule has 0 heterocycles. The molecule has 0 aliphatic carbocycles. The maximum absolute atomic E-state index is 10.6. The maximum Gasteiger partial charge on any atom is 0.220 e. The molecule has 6 heteroatoms. The minimum atomic E-state index is -1.24. The second kappa shape index (κ2) is 5.45. The highest BCUT2D eigenvalue weighted by Gasteiger charge is 2.22. The van der Waals surface area contributed by atoms with Gasteiger partial charge in [-0.25, -0.2) is 0 Å². The van der Waals surface area contributed by atoms with Crippen LogP contribution in [0.3, 0.4) is 0 Å². The van der Waals surface area contributed by atoms with E-state index in [1.807, 2.05) is 0 Å². The molecule has 6 nitrogen and oxygen atoms in total. The van der Waals surface area contributed by atoms with Crippen LogP contribution in [0.1, 0.15) is 18.1 Å². The Morgan fingerprint density at radius 2 is 2.00 bits per heavy atom. The summed E-state index contributed by atoms with van der Waals surface area (Å²) in [6.07, 6.45) is -2.76. The van der Waals surface area contributed by atoms with E-state index in [2.05, 4.69) is 5.43 Å². The Labute approximate surface area is 92.8 Å². The van der Waals surface area contributed by atoms with Crippen LogP contribution in [0.5, 0.6) is 0 Å². The van der Waals surface area contributed by atoms with Crippen LogP contribution < -0.4 is 17.0 Å². The normalized spacial score (nSPS) is 14.2. The molecule has 0 fully saturated rings. The predicted molar refractivity (Wildman–Crippen MR) is 59.0 cm³/mol. The third-order valence-electron chi connectivity index (χ3n) is 2.21. The number of hydrogen-bond acceptors (Lipinski definition) is 5. The van der Waals surface area contributed by atoms with E-state index in [-0.39, 0.29) is 6.42 Å². The number of amides is 1. The summed E-state index contributed by atoms with van der Waals surface area (Å²) in [6, 6.07) is 6.67. The van der Waals surface area contributed by atoms with Gasteiger partial charge in [0.1, 0.15) is 6.10 Å². The average Bonchev–Trinajstić information content (AvgIpc) is 2.27. The predicted octanol–water partition coefficient (Wildman–Crippen LogP) is -0.758. The molecule has 0 spiro atoms. The number of benzene rings is 1. The first-order valence-electron chi connectivity index (χ1n) is 4.76. The van der Waals surface area contributed by atoms with Gasteiger partial charge in [-0.3, -0.25) is 10.6 Å². The molecular weight excluding hydrogens is 210 g/mol. The van der Waals surface area contributed by atoms with Crippen LogP contribution in [0.2, 0.25) is 0 Å². The Morgan fingerprint density at radius 3 is 2.56 bits per heavy atom. The van der Waals surface area contributed by atoms with E-state index in [4.69, 9.17) is 11.6 Å². The van der Waals surface area contributed by atoms with Crippen LogP contribution in [0.25, 0.3) is 0 Å². The zero-order valence-electron chi connectivity index (χ0n) is 8.63. The molecule has 0 radical (unpaired) electrons. The number of anilines is 1. The lowest BCUT2D eigenvalue weighted by Crippen LogP contribution is -2.26. The van der Waals surface area contributed by atoms with Gasteiger partial charge in [-0.05, 0) is 6.07 Å². The number of carbonyl (C=O) groups excluding carboxylic acids is 1. The van der Waals surface area contributed by atoms with Crippen LogP contribution in [0.15, 0.2) is 24.3 Å². The summed E-state index contributed by atoms with van der Waals surface area (Å²) in [4.78, 5) is 10.6. The molecule has 2 atom stereocenters. The monoisotopic (exact) mass is 225 g/mol. The summed E-state index contributed by atoms with van der Waals surface area (Å²) < 4.78 is 0. The molecule has 0 aromatic heterocycles. The lowest BCUT2D eigenvalue weighted by Gasteiger charge is -2.19. The van der Waals surface area contributed by atoms with Gasteiger partial charge < -0.3 is 21.4 Å². The number of hydrogen-bond donors (Lipinski definition) is 5. The van der Waals surface area contributed by atoms with Crippen LogP contribution in [-0.4, -0.2) is 22.2 Å². The molecule has 2 unspecified atom stereocenters. The quantitative estimate of drug-likeness (QED) is 0.333. The van der Waals surface area contributed by atoms with Gasteiger partial charge >= 0.3 is 0 Å². The number of nitrogens with one attached hydrogen (secondary N) is 1. The summed E-state index contributed by atoms with van der Waals surface area (Å²) in [5, 5.41) is 19.3. The SMILES string of the molecule is NNc1ccccc1C(O)C(O)CC(N)=O. The van der Waals surface area contributed by atoms with Crippen molar-refractivity contribution in [3.63, 3.8) is 0 Å². The van der Waals surface area contributed by atoms with Gasteiger partial charge in [0.2, 0.25) is 5.91 Å². The largest absolute Gasteiger partial charge is 0.390 e. The van der Waals surface area contributed by atoms with Crippen molar-refractivity contribution in [3.8, 4) is 0 Å². The molecule has 1 amide bonds. The number of primary amides is 1. The van der Waals surface area contributed by atoms with Crippen LogP contribution >= 0.6 is 0 Å². The molecule has 16 heavy (non-hydrogen) atoms. The van der Waals surface area contributed by atoms with Crippen molar-refractivity contribution in [1.29, 1.82) is 0 Å². The minimum absolute atomic E-state index is 0.305. The topological polar surface area (TPSA) is 122 Å². The van der Waals surface area contributed by atoms with Crippen molar-refractivity contribution >= 4 is 11.6 Å². The summed E-state index contributed by atoms with van der Waals surface area (Å²) >= 11 is 0. The van der Waals surface area contributed by atoms with Crippen molar-refractivity contribution in [3.05, 3.63) is 29.8 Å². The third-order valence-corrected chi connectivity index (χ3v) is 2.21. The lowest BCUT2D eigenvalue weighted by atomic mass is 10.0. The third kappa shape index (κ3) is 2.93. The van der Waals surface area contributed by atoms with E-state index >= 15 is 0 Å². The van der Waals surface area contributed by atoms with Crippen LogP contribution in [0, 0.1) is 0 Å². The highest BCUT2D eigenvalue weighted by Crippen LogP contribution is 2.25. The van der Waals surface area contributed by atoms with Gasteiger partial charge in [-0.1, -0.05) is 18.2 Å². The highest BCUT2D eigenvalue weighted by molar-refractivity contribution is 5.74. The van der Waals surface area contributed by atoms with Crippen molar-refractivity contribution in [1.82, 2.24) is 0 Å². The molecule has 1 rings (SSSR count). The summed E-state index contributed by atoms with van der Waals surface area (Å²) in [7, 11) is 0. The highest BCUT2D eigenvalue weighted by atomic mass is 16.3. The number of nitrogens with two attached hydrogens (primary N) is 2. The van der Waals surface area contributed by atoms with E-state index in [9.17, 15) is 15.0 Å². The average molecular weight is 225 g/mol. The van der Waals surface area contributed by atoms with Crippen LogP contribution in [0.4, 0.5) is 5.69 Å². The Hall–Kier alpha value is -1.63. The number of hydrazine groups is 1. The second-order valence-corrected chi connectivity index (χ2v) is 3.41. The van der Waals surface area contributed by atoms with Crippen LogP contribution in [-0.2, 0) is 4.79 Å². The number of carbonyl (C=O) groups is 1. The first-order chi connectivity index (χ1) is 7.56. The Bertz CT molecular complexity index is 370. The first kappa shape index (κ1) is 12.4. The zero-order chi connectivity index (χ0) is 12.1. The Balaban J connectivity index is 2.86. The zero-order valence-corrected chi connectivity index (χ0v) is 8.63. The fourth-order valence-corrected chi connectivity index (χ4v) is 1.41. The molecule has 0 bridgehead atoms. The van der Waals surface area contributed by atoms with Gasteiger partial charge in [0, 0.05) is 5.56 Å². The maximum atomic E-state index is 10.6. The second-order valence-electron chi connectivity index (χ2n) is 3.41. The number of aliphatic hydroxyl groups is 2. The number of rotatable bonds is 5. The smallest absolute Gasteiger partial charge is 0.220 e. The van der Waals surface area contributed by atoms with Crippen molar-refractivity contribution in [2.45, 2.75) is 18.6 Å². The molecule has 1 aromatic rings. The van der Waals surface area contributed by atoms with Gasteiger partial charge in [0.15, 0.2) is 0 Å². The standard InChI is InChI=1S/C10H15N3O3/c11-9(15)5-8(14)10(16)6-3-1-2-4-7(6)13-12/h1-4,8,10,13-14,16H,5,12H2,(H2,11,15). The first-order valence-corrected chi connectivity index (χ1v) is 4.76. The molecule has 1 aromatic carbocycles. The van der Waals surface area contributed by atoms with Gasteiger partial charge in [-0.15, -0.1) is 0 Å². The van der Waals surface area contributed by atoms with E-state index in [0.717, 1.165) is 0 Å². The summed E-state index contributed by atoms with van der Waals surface area (Å²) in [6.45, 7) is 0. The number of aliphatic hydroxyl groups excluding tert-OH is 2. The Kier molecular flexibility index (Phi) is 4.24. The summed E-state index contributed by atoms with van der Waals surface area (Å²) in [5.74, 6) is 4.58. The van der Waals surface area contributed by atoms with E-state index < -0.39 is 18.1 Å². The van der Waals surface area contributed by atoms with Gasteiger partial charge in [-0.2, -0.15) is 0 Å². The molecule has 7 N–H and O–H groups in total. The van der Waals surface area contributed by atoms with E-state index in [1.54, 1.807) is 24.3 Å². The molecule has 0 aliphatic rings. The fraction of sp³-hybridized carbons (Fsp3) is 0.300. The van der Waals surface area contributed by atoms with Gasteiger partial charge in [0.05, 0.1) is 18.2 Å². The Morgan fingerprint density at radius 1 is 1.38 bits per heavy atom. The molecule has 0 aliphatic heterocycles. The van der Waals surface area contributed by atoms with Crippen molar-refractivity contribution in [2.24, 2.45) is 11.6 Å². The molecule has 0 saturated heterocycles. The molecular formula is C10H15N3O3. The van der Waals surface area contributed by atoms with E-state index in [0.29, 0.717) is 11.3 Å². The van der Waals surface area contributed by atoms with Gasteiger partial charge in [0.25, 0.3) is 0 Å². The van der Waals surface area contributed by atoms with Crippen molar-refractivity contribution < 1.29 is 15.0 Å². The molecule has 0 saturated carbocycles. The van der Waals surface area contributed by atoms with E-state index in [1.165, 1.54) is 0 Å². The fourth-order valence-electron chi connectivity index (χ4n) is 1.41. The number of nitrogen functional groups attached to an aromatic ring is 1. The minimum Gasteiger partial charge on any atom is -0.390 e. The van der Waals surface area contributed by atoms with Crippen molar-refractivity contribution in [2.75, 3.05) is 5.43 Å². The summed E-state index contributed by atoms with van der Waals surface area (Å²) in [5.41, 5.74) is 8.23. The molecule has 88 valence electrons. The lowest BCUT2D eigenvalue weighted by molar-refractivity contribution is -0.121.